The first-order chi connectivity index (χ1) is 4.16. The number of hydrogen-bond acceptors (Lipinski definition) is 4. The van der Waals surface area contributed by atoms with Gasteiger partial charge in [-0.3, -0.25) is 0 Å². The Morgan fingerprint density at radius 3 is 2.40 bits per heavy atom. The van der Waals surface area contributed by atoms with Crippen LogP contribution in [0.1, 0.15) is 0 Å². The Morgan fingerprint density at radius 2 is 2.10 bits per heavy atom. The Morgan fingerprint density at radius 1 is 1.60 bits per heavy atom. The van der Waals surface area contributed by atoms with Crippen molar-refractivity contribution < 1.29 is 49.0 Å². The first kappa shape index (κ1) is 12.4. The number of hydrogen-bond donors (Lipinski definition) is 1. The zero-order valence-electron chi connectivity index (χ0n) is 5.84. The first-order valence-corrected chi connectivity index (χ1v) is 2.18. The molecule has 0 fully saturated rings. The van der Waals surface area contributed by atoms with Crippen LogP contribution in [0.2, 0.25) is 0 Å². The molecule has 0 atom stereocenters. The number of methoxy groups -OCH3 is 1. The summed E-state index contributed by atoms with van der Waals surface area (Å²) in [6.07, 6.45) is -0.779. The van der Waals surface area contributed by atoms with E-state index in [0.29, 0.717) is 0 Å². The maximum Gasteiger partial charge on any atom is 1.00 e. The van der Waals surface area contributed by atoms with Crippen molar-refractivity contribution in [1.29, 1.82) is 0 Å². The minimum absolute atomic E-state index is 0. The van der Waals surface area contributed by atoms with Crippen LogP contribution in [0.15, 0.2) is 0 Å². The summed E-state index contributed by atoms with van der Waals surface area (Å²) < 4.78 is 4.06. The molecule has 0 aliphatic carbocycles. The van der Waals surface area contributed by atoms with Gasteiger partial charge in [-0.15, -0.1) is 0 Å². The zero-order valence-corrected chi connectivity index (χ0v) is 7.84. The molecule has 52 valence electrons. The molecule has 0 aliphatic rings. The van der Waals surface area contributed by atoms with Crippen molar-refractivity contribution >= 4 is 12.1 Å². The van der Waals surface area contributed by atoms with Crippen LogP contribution < -0.4 is 40.0 Å². The summed E-state index contributed by atoms with van der Waals surface area (Å²) in [6.45, 7) is -0.521. The molecule has 0 aliphatic heterocycles. The van der Waals surface area contributed by atoms with E-state index in [2.05, 4.69) is 4.74 Å². The zero-order chi connectivity index (χ0) is 7.28. The first-order valence-electron chi connectivity index (χ1n) is 2.18. The van der Waals surface area contributed by atoms with E-state index in [1.54, 1.807) is 0 Å². The number of alkyl carbamates (subject to hydrolysis) is 1. The predicted molar refractivity (Wildman–Crippen MR) is 25.4 cm³/mol. The van der Waals surface area contributed by atoms with E-state index in [4.69, 9.17) is 0 Å². The normalized spacial score (nSPS) is 7.30. The van der Waals surface area contributed by atoms with Gasteiger partial charge in [0.05, 0.1) is 19.6 Å². The molecule has 0 spiro atoms. The van der Waals surface area contributed by atoms with Crippen molar-refractivity contribution in [2.75, 3.05) is 13.7 Å². The molecule has 0 radical (unpaired) electrons. The second kappa shape index (κ2) is 6.85. The summed E-state index contributed by atoms with van der Waals surface area (Å²) >= 11 is 0. The van der Waals surface area contributed by atoms with Gasteiger partial charge < -0.3 is 20.0 Å². The van der Waals surface area contributed by atoms with Crippen LogP contribution >= 0.6 is 0 Å². The summed E-state index contributed by atoms with van der Waals surface area (Å²) in [5.74, 6) is -1.35. The SMILES string of the molecule is COC(=O)NCC(=O)[O-].[Na+]. The maximum absolute atomic E-state index is 10.1. The number of carboxylic acids is 1. The molecule has 5 nitrogen and oxygen atoms in total. The van der Waals surface area contributed by atoms with Gasteiger partial charge >= 0.3 is 35.7 Å². The molecule has 0 aromatic carbocycles. The van der Waals surface area contributed by atoms with Crippen molar-refractivity contribution in [3.8, 4) is 0 Å². The largest absolute Gasteiger partial charge is 1.00 e. The minimum Gasteiger partial charge on any atom is -0.548 e. The number of ether oxygens (including phenoxy) is 1. The second-order valence-corrected chi connectivity index (χ2v) is 1.22. The van der Waals surface area contributed by atoms with E-state index in [9.17, 15) is 14.7 Å². The van der Waals surface area contributed by atoms with Crippen molar-refractivity contribution in [2.24, 2.45) is 0 Å². The number of carbonyl (C=O) groups is 2. The van der Waals surface area contributed by atoms with E-state index < -0.39 is 18.6 Å². The number of carbonyl (C=O) groups excluding carboxylic acids is 2. The number of rotatable bonds is 2. The van der Waals surface area contributed by atoms with E-state index in [1.165, 1.54) is 0 Å². The van der Waals surface area contributed by atoms with Crippen molar-refractivity contribution in [3.05, 3.63) is 0 Å². The molecule has 0 saturated carbocycles. The monoisotopic (exact) mass is 155 g/mol. The minimum atomic E-state index is -1.35. The summed E-state index contributed by atoms with van der Waals surface area (Å²) in [5, 5.41) is 11.5. The van der Waals surface area contributed by atoms with E-state index in [-0.39, 0.29) is 29.6 Å². The molecule has 10 heavy (non-hydrogen) atoms. The Labute approximate surface area is 80.0 Å². The number of nitrogens with one attached hydrogen (secondary N) is 1. The third-order valence-corrected chi connectivity index (χ3v) is 0.562. The van der Waals surface area contributed by atoms with Crippen LogP contribution in [0, 0.1) is 0 Å². The fourth-order valence-electron chi connectivity index (χ4n) is 0.217. The fraction of sp³-hybridized carbons (Fsp3) is 0.500. The number of carboxylic acid groups (broad SMARTS) is 1. The average molecular weight is 155 g/mol. The van der Waals surface area contributed by atoms with Crippen molar-refractivity contribution in [3.63, 3.8) is 0 Å². The predicted octanol–water partition coefficient (Wildman–Crippen LogP) is -4.90. The molecule has 0 aromatic rings. The Bertz CT molecular complexity index is 126. The molecular formula is C4H6NNaO4. The van der Waals surface area contributed by atoms with Gasteiger partial charge in [0.1, 0.15) is 0 Å². The summed E-state index contributed by atoms with van der Waals surface area (Å²) in [7, 11) is 1.14. The van der Waals surface area contributed by atoms with Gasteiger partial charge in [0, 0.05) is 0 Å². The molecular weight excluding hydrogens is 149 g/mol. The van der Waals surface area contributed by atoms with Crippen LogP contribution in [0.5, 0.6) is 0 Å². The molecule has 0 aromatic heterocycles. The van der Waals surface area contributed by atoms with Crippen LogP contribution in [0.3, 0.4) is 0 Å². The van der Waals surface area contributed by atoms with Crippen LogP contribution in [-0.4, -0.2) is 25.7 Å². The molecule has 0 rings (SSSR count). The van der Waals surface area contributed by atoms with E-state index in [1.807, 2.05) is 5.32 Å². The van der Waals surface area contributed by atoms with Gasteiger partial charge in [0.15, 0.2) is 0 Å². The fourth-order valence-corrected chi connectivity index (χ4v) is 0.217. The Kier molecular flexibility index (Phi) is 8.51. The second-order valence-electron chi connectivity index (χ2n) is 1.22. The molecule has 0 bridgehead atoms. The Balaban J connectivity index is 0. The smallest absolute Gasteiger partial charge is 0.548 e. The number of amides is 1. The van der Waals surface area contributed by atoms with Gasteiger partial charge in [0.25, 0.3) is 0 Å². The Hall–Kier alpha value is -0.260. The summed E-state index contributed by atoms with van der Waals surface area (Å²) in [4.78, 5) is 19.7. The standard InChI is InChI=1S/C4H7NO4.Na/c1-9-4(8)5-2-3(6)7;/h2H2,1H3,(H,5,8)(H,6,7);/q;+1/p-1. The molecule has 1 amide bonds. The van der Waals surface area contributed by atoms with Crippen molar-refractivity contribution in [1.82, 2.24) is 5.32 Å². The summed E-state index contributed by atoms with van der Waals surface area (Å²) in [5.41, 5.74) is 0. The van der Waals surface area contributed by atoms with Gasteiger partial charge in [-0.25, -0.2) is 4.79 Å². The third kappa shape index (κ3) is 7.74. The molecule has 0 unspecified atom stereocenters. The topological polar surface area (TPSA) is 78.5 Å². The van der Waals surface area contributed by atoms with Crippen LogP contribution in [-0.2, 0) is 9.53 Å². The maximum atomic E-state index is 10.1. The van der Waals surface area contributed by atoms with Crippen LogP contribution in [0.4, 0.5) is 4.79 Å². The third-order valence-electron chi connectivity index (χ3n) is 0.562. The van der Waals surface area contributed by atoms with Crippen molar-refractivity contribution in [2.45, 2.75) is 0 Å². The molecule has 1 N–H and O–H groups in total. The average Bonchev–Trinajstić information content (AvgIpc) is 1.83. The quantitative estimate of drug-likeness (QED) is 0.405. The van der Waals surface area contributed by atoms with Gasteiger partial charge in [-0.05, 0) is 0 Å². The molecule has 6 heteroatoms. The number of aliphatic carboxylic acids is 1. The van der Waals surface area contributed by atoms with Crippen LogP contribution in [0.25, 0.3) is 0 Å². The summed E-state index contributed by atoms with van der Waals surface area (Å²) in [6, 6.07) is 0. The molecule has 0 heterocycles. The van der Waals surface area contributed by atoms with E-state index >= 15 is 0 Å². The van der Waals surface area contributed by atoms with Gasteiger partial charge in [0.2, 0.25) is 0 Å². The van der Waals surface area contributed by atoms with E-state index in [0.717, 1.165) is 7.11 Å². The van der Waals surface area contributed by atoms with Gasteiger partial charge in [-0.1, -0.05) is 0 Å². The molecule has 0 saturated heterocycles. The van der Waals surface area contributed by atoms with Gasteiger partial charge in [-0.2, -0.15) is 0 Å².